The minimum absolute atomic E-state index is 0.146. The molecule has 0 aliphatic heterocycles. The molecule has 6 heteroatoms. The Kier molecular flexibility index (Phi) is 5.26. The molecule has 110 valence electrons. The van der Waals surface area contributed by atoms with Crippen LogP contribution in [0.2, 0.25) is 0 Å². The maximum atomic E-state index is 12.4. The van der Waals surface area contributed by atoms with Gasteiger partial charge in [0.25, 0.3) is 0 Å². The lowest BCUT2D eigenvalue weighted by Crippen LogP contribution is -2.18. The first-order valence-electron chi connectivity index (χ1n) is 6.36. The topological polar surface area (TPSA) is 45.0 Å². The first-order valence-corrected chi connectivity index (χ1v) is 7.17. The molecule has 3 nitrogen and oxygen atoms in total. The van der Waals surface area contributed by atoms with E-state index in [0.29, 0.717) is 17.0 Å². The lowest BCUT2D eigenvalue weighted by molar-refractivity contribution is -0.0506. The Labute approximate surface area is 125 Å². The highest BCUT2D eigenvalue weighted by Gasteiger charge is 2.14. The van der Waals surface area contributed by atoms with Gasteiger partial charge in [0.2, 0.25) is 0 Å². The number of alkyl halides is 2. The average Bonchev–Trinajstić information content (AvgIpc) is 2.93. The van der Waals surface area contributed by atoms with Gasteiger partial charge in [0.15, 0.2) is 0 Å². The fraction of sp³-hybridized carbons (Fsp3) is 0.267. The number of nitrogens with zero attached hydrogens (tertiary/aromatic N) is 1. The summed E-state index contributed by atoms with van der Waals surface area (Å²) < 4.78 is 29.3. The summed E-state index contributed by atoms with van der Waals surface area (Å²) in [5.74, 6) is 0.177. The van der Waals surface area contributed by atoms with E-state index < -0.39 is 6.61 Å². The Balaban J connectivity index is 2.03. The van der Waals surface area contributed by atoms with Crippen molar-refractivity contribution < 1.29 is 13.5 Å². The molecule has 2 rings (SSSR count). The van der Waals surface area contributed by atoms with Crippen LogP contribution >= 0.6 is 11.3 Å². The zero-order valence-corrected chi connectivity index (χ0v) is 12.2. The number of nitrogens with one attached hydrogen (secondary N) is 1. The summed E-state index contributed by atoms with van der Waals surface area (Å²) >= 11 is 1.41. The molecule has 1 unspecified atom stereocenters. The summed E-state index contributed by atoms with van der Waals surface area (Å²) in [5.41, 5.74) is 0.676. The largest absolute Gasteiger partial charge is 0.434 e. The molecule has 0 amide bonds. The predicted molar refractivity (Wildman–Crippen MR) is 77.4 cm³/mol. The van der Waals surface area contributed by atoms with Crippen molar-refractivity contribution in [3.8, 4) is 11.8 Å². The molecule has 0 fully saturated rings. The summed E-state index contributed by atoms with van der Waals surface area (Å²) in [6.07, 6.45) is 0. The Bertz CT molecular complexity index is 637. The molecule has 1 N–H and O–H groups in total. The van der Waals surface area contributed by atoms with Crippen LogP contribution < -0.4 is 10.1 Å². The van der Waals surface area contributed by atoms with E-state index in [1.807, 2.05) is 13.0 Å². The van der Waals surface area contributed by atoms with E-state index in [1.54, 1.807) is 24.3 Å². The van der Waals surface area contributed by atoms with Crippen molar-refractivity contribution in [2.75, 3.05) is 0 Å². The molecule has 0 spiro atoms. The maximum absolute atomic E-state index is 12.4. The minimum atomic E-state index is -2.84. The monoisotopic (exact) mass is 308 g/mol. The fourth-order valence-electron chi connectivity index (χ4n) is 1.94. The smallest absolute Gasteiger partial charge is 0.387 e. The van der Waals surface area contributed by atoms with Crippen LogP contribution in [-0.4, -0.2) is 6.61 Å². The Morgan fingerprint density at radius 3 is 2.71 bits per heavy atom. The normalized spacial score (nSPS) is 12.1. The number of hydrogen-bond acceptors (Lipinski definition) is 4. The van der Waals surface area contributed by atoms with Crippen molar-refractivity contribution >= 4 is 11.3 Å². The number of thiophene rings is 1. The van der Waals surface area contributed by atoms with Crippen LogP contribution in [0.4, 0.5) is 8.78 Å². The van der Waals surface area contributed by atoms with Crippen molar-refractivity contribution in [2.24, 2.45) is 0 Å². The summed E-state index contributed by atoms with van der Waals surface area (Å²) in [6, 6.07) is 12.3. The predicted octanol–water partition coefficient (Wildman–Crippen LogP) is 4.07. The van der Waals surface area contributed by atoms with Crippen LogP contribution in [0, 0.1) is 11.3 Å². The number of hydrogen-bond donors (Lipinski definition) is 1. The third-order valence-electron chi connectivity index (χ3n) is 2.96. The molecule has 0 aliphatic rings. The van der Waals surface area contributed by atoms with Crippen LogP contribution in [0.3, 0.4) is 0 Å². The van der Waals surface area contributed by atoms with E-state index in [2.05, 4.69) is 16.1 Å². The molecule has 1 aromatic heterocycles. The van der Waals surface area contributed by atoms with E-state index in [0.717, 1.165) is 4.88 Å². The lowest BCUT2D eigenvalue weighted by Gasteiger charge is -2.17. The number of para-hydroxylation sites is 1. The summed E-state index contributed by atoms with van der Waals surface area (Å²) in [7, 11) is 0. The van der Waals surface area contributed by atoms with Crippen LogP contribution in [0.1, 0.15) is 28.3 Å². The quantitative estimate of drug-likeness (QED) is 0.875. The van der Waals surface area contributed by atoms with Gasteiger partial charge in [-0.3, -0.25) is 0 Å². The van der Waals surface area contributed by atoms with E-state index in [1.165, 1.54) is 17.4 Å². The standard InChI is InChI=1S/C15H14F2N2OS/c1-10(19-9-12-7-6-11(8-18)21-12)13-4-2-3-5-14(13)20-15(16)17/h2-7,10,15,19H,9H2,1H3. The minimum Gasteiger partial charge on any atom is -0.434 e. The van der Waals surface area contributed by atoms with Gasteiger partial charge in [-0.15, -0.1) is 11.3 Å². The maximum Gasteiger partial charge on any atom is 0.387 e. The molecule has 21 heavy (non-hydrogen) atoms. The first kappa shape index (κ1) is 15.4. The van der Waals surface area contributed by atoms with Gasteiger partial charge in [-0.2, -0.15) is 14.0 Å². The molecule has 1 heterocycles. The van der Waals surface area contributed by atoms with E-state index in [4.69, 9.17) is 5.26 Å². The van der Waals surface area contributed by atoms with Crippen LogP contribution in [0.25, 0.3) is 0 Å². The molecule has 0 radical (unpaired) electrons. The number of benzene rings is 1. The van der Waals surface area contributed by atoms with Crippen LogP contribution in [-0.2, 0) is 6.54 Å². The Morgan fingerprint density at radius 1 is 1.29 bits per heavy atom. The van der Waals surface area contributed by atoms with Gasteiger partial charge in [-0.1, -0.05) is 18.2 Å². The zero-order valence-electron chi connectivity index (χ0n) is 11.3. The van der Waals surface area contributed by atoms with E-state index >= 15 is 0 Å². The van der Waals surface area contributed by atoms with E-state index in [-0.39, 0.29) is 11.8 Å². The highest BCUT2D eigenvalue weighted by Crippen LogP contribution is 2.27. The number of rotatable bonds is 6. The fourth-order valence-corrected chi connectivity index (χ4v) is 2.69. The number of nitriles is 1. The van der Waals surface area contributed by atoms with Crippen molar-refractivity contribution in [2.45, 2.75) is 26.1 Å². The van der Waals surface area contributed by atoms with Gasteiger partial charge in [-0.05, 0) is 25.1 Å². The number of ether oxygens (including phenoxy) is 1. The summed E-state index contributed by atoms with van der Waals surface area (Å²) in [5, 5.41) is 12.0. The van der Waals surface area contributed by atoms with Crippen molar-refractivity contribution in [3.05, 3.63) is 51.7 Å². The van der Waals surface area contributed by atoms with Gasteiger partial charge in [0.05, 0.1) is 0 Å². The molecule has 0 saturated carbocycles. The average molecular weight is 308 g/mol. The van der Waals surface area contributed by atoms with Gasteiger partial charge in [0, 0.05) is 23.0 Å². The molecule has 1 aromatic carbocycles. The van der Waals surface area contributed by atoms with Crippen LogP contribution in [0.5, 0.6) is 5.75 Å². The van der Waals surface area contributed by atoms with Gasteiger partial charge in [-0.25, -0.2) is 0 Å². The summed E-state index contributed by atoms with van der Waals surface area (Å²) in [4.78, 5) is 1.67. The second-order valence-electron chi connectivity index (χ2n) is 4.40. The molecule has 0 bridgehead atoms. The van der Waals surface area contributed by atoms with Gasteiger partial charge in [0.1, 0.15) is 16.7 Å². The summed E-state index contributed by atoms with van der Waals surface area (Å²) in [6.45, 7) is -0.392. The highest BCUT2D eigenvalue weighted by molar-refractivity contribution is 7.12. The van der Waals surface area contributed by atoms with E-state index in [9.17, 15) is 8.78 Å². The molecule has 0 saturated heterocycles. The molecule has 2 aromatic rings. The molecule has 1 atom stereocenters. The molecular weight excluding hydrogens is 294 g/mol. The molecule has 0 aliphatic carbocycles. The van der Waals surface area contributed by atoms with Gasteiger partial charge >= 0.3 is 6.61 Å². The Morgan fingerprint density at radius 2 is 2.05 bits per heavy atom. The number of halogens is 2. The third-order valence-corrected chi connectivity index (χ3v) is 3.95. The third kappa shape index (κ3) is 4.25. The lowest BCUT2D eigenvalue weighted by atomic mass is 10.1. The zero-order chi connectivity index (χ0) is 15.2. The van der Waals surface area contributed by atoms with Gasteiger partial charge < -0.3 is 10.1 Å². The first-order chi connectivity index (χ1) is 10.1. The SMILES string of the molecule is CC(NCc1ccc(C#N)s1)c1ccccc1OC(F)F. The van der Waals surface area contributed by atoms with Crippen molar-refractivity contribution in [1.29, 1.82) is 5.26 Å². The molecular formula is C15H14F2N2OS. The second-order valence-corrected chi connectivity index (χ2v) is 5.57. The second kappa shape index (κ2) is 7.16. The Hall–Kier alpha value is -1.97. The highest BCUT2D eigenvalue weighted by atomic mass is 32.1. The van der Waals surface area contributed by atoms with Crippen molar-refractivity contribution in [1.82, 2.24) is 5.32 Å². The van der Waals surface area contributed by atoms with Crippen LogP contribution in [0.15, 0.2) is 36.4 Å². The van der Waals surface area contributed by atoms with Crippen molar-refractivity contribution in [3.63, 3.8) is 0 Å².